The molecule has 1 aliphatic carbocycles. The highest BCUT2D eigenvalue weighted by Crippen LogP contribution is 2.38. The van der Waals surface area contributed by atoms with Gasteiger partial charge in [-0.3, -0.25) is 4.57 Å². The van der Waals surface area contributed by atoms with Crippen LogP contribution in [0.5, 0.6) is 0 Å². The van der Waals surface area contributed by atoms with Crippen molar-refractivity contribution in [2.24, 2.45) is 5.92 Å². The molecule has 0 saturated heterocycles. The Morgan fingerprint density at radius 2 is 2.04 bits per heavy atom. The van der Waals surface area contributed by atoms with E-state index in [0.29, 0.717) is 21.8 Å². The second-order valence-electron chi connectivity index (χ2n) is 6.43. The van der Waals surface area contributed by atoms with Gasteiger partial charge in [-0.2, -0.15) is 5.26 Å². The van der Waals surface area contributed by atoms with E-state index in [-0.39, 0.29) is 5.92 Å². The van der Waals surface area contributed by atoms with Crippen LogP contribution in [0.4, 0.5) is 0 Å². The van der Waals surface area contributed by atoms with Crippen LogP contribution < -0.4 is 0 Å². The minimum atomic E-state index is -0.0240. The number of halogens is 2. The van der Waals surface area contributed by atoms with E-state index in [1.807, 2.05) is 19.1 Å². The van der Waals surface area contributed by atoms with Gasteiger partial charge in [0.2, 0.25) is 0 Å². The van der Waals surface area contributed by atoms with Gasteiger partial charge in [0.1, 0.15) is 0 Å². The predicted octanol–water partition coefficient (Wildman–Crippen LogP) is 6.01. The van der Waals surface area contributed by atoms with Gasteiger partial charge in [0.25, 0.3) is 0 Å². The lowest BCUT2D eigenvalue weighted by Crippen LogP contribution is -2.15. The molecule has 0 N–H and O–H groups in total. The highest BCUT2D eigenvalue weighted by molar-refractivity contribution is 7.99. The van der Waals surface area contributed by atoms with Crippen molar-refractivity contribution >= 4 is 35.0 Å². The van der Waals surface area contributed by atoms with Crippen LogP contribution in [0, 0.1) is 17.2 Å². The number of rotatable bonds is 5. The summed E-state index contributed by atoms with van der Waals surface area (Å²) in [6.45, 7) is 1.92. The van der Waals surface area contributed by atoms with Crippen LogP contribution >= 0.6 is 35.0 Å². The molecular formula is C18H20Cl2N4S. The van der Waals surface area contributed by atoms with Crippen LogP contribution in [-0.4, -0.2) is 20.5 Å². The summed E-state index contributed by atoms with van der Waals surface area (Å²) in [7, 11) is 0. The fourth-order valence-electron chi connectivity index (χ4n) is 3.14. The number of hydrogen-bond donors (Lipinski definition) is 0. The van der Waals surface area contributed by atoms with Gasteiger partial charge < -0.3 is 0 Å². The maximum atomic E-state index is 9.04. The normalized spacial score (nSPS) is 16.6. The number of nitriles is 1. The van der Waals surface area contributed by atoms with Gasteiger partial charge in [-0.25, -0.2) is 0 Å². The van der Waals surface area contributed by atoms with Crippen LogP contribution in [0.25, 0.3) is 11.4 Å². The first kappa shape index (κ1) is 18.6. The lowest BCUT2D eigenvalue weighted by Gasteiger charge is -2.26. The van der Waals surface area contributed by atoms with Gasteiger partial charge in [0, 0.05) is 22.4 Å². The minimum absolute atomic E-state index is 0.0240. The van der Waals surface area contributed by atoms with Crippen LogP contribution in [-0.2, 0) is 0 Å². The van der Waals surface area contributed by atoms with Crippen molar-refractivity contribution in [3.8, 4) is 17.5 Å². The molecule has 0 radical (unpaired) electrons. The Kier molecular flexibility index (Phi) is 6.27. The molecule has 0 bridgehead atoms. The van der Waals surface area contributed by atoms with E-state index in [1.54, 1.807) is 17.8 Å². The SMILES string of the molecule is C[C@@H](C#N)CSc1nnc(-c2ccc(Cl)cc2Cl)n1C1CCCCC1. The van der Waals surface area contributed by atoms with Crippen LogP contribution in [0.2, 0.25) is 10.0 Å². The molecule has 132 valence electrons. The van der Waals surface area contributed by atoms with Crippen molar-refractivity contribution in [2.75, 3.05) is 5.75 Å². The minimum Gasteiger partial charge on any atom is -0.299 e. The van der Waals surface area contributed by atoms with Crippen molar-refractivity contribution in [1.82, 2.24) is 14.8 Å². The highest BCUT2D eigenvalue weighted by atomic mass is 35.5. The van der Waals surface area contributed by atoms with Gasteiger partial charge in [0.15, 0.2) is 11.0 Å². The molecule has 1 aromatic heterocycles. The summed E-state index contributed by atoms with van der Waals surface area (Å²) < 4.78 is 2.23. The summed E-state index contributed by atoms with van der Waals surface area (Å²) in [5.74, 6) is 1.47. The number of thioether (sulfide) groups is 1. The number of benzene rings is 1. The van der Waals surface area contributed by atoms with Crippen LogP contribution in [0.15, 0.2) is 23.4 Å². The van der Waals surface area contributed by atoms with Crippen molar-refractivity contribution in [2.45, 2.75) is 50.2 Å². The first-order chi connectivity index (χ1) is 12.1. The van der Waals surface area contributed by atoms with Crippen molar-refractivity contribution in [3.63, 3.8) is 0 Å². The molecule has 0 unspecified atom stereocenters. The molecule has 1 heterocycles. The zero-order valence-corrected chi connectivity index (χ0v) is 16.4. The predicted molar refractivity (Wildman–Crippen MR) is 103 cm³/mol. The molecule has 1 aliphatic rings. The summed E-state index contributed by atoms with van der Waals surface area (Å²) in [5, 5.41) is 19.9. The quantitative estimate of drug-likeness (QED) is 0.582. The topological polar surface area (TPSA) is 54.5 Å². The van der Waals surface area contributed by atoms with Crippen molar-refractivity contribution in [1.29, 1.82) is 5.26 Å². The Morgan fingerprint density at radius 1 is 1.28 bits per heavy atom. The second-order valence-corrected chi connectivity index (χ2v) is 8.26. The lowest BCUT2D eigenvalue weighted by atomic mass is 9.95. The Bertz CT molecular complexity index is 778. The largest absolute Gasteiger partial charge is 0.299 e. The zero-order valence-electron chi connectivity index (χ0n) is 14.1. The summed E-state index contributed by atoms with van der Waals surface area (Å²) in [4.78, 5) is 0. The van der Waals surface area contributed by atoms with E-state index < -0.39 is 0 Å². The average Bonchev–Trinajstić information content (AvgIpc) is 3.04. The zero-order chi connectivity index (χ0) is 17.8. The molecule has 2 aromatic rings. The molecule has 25 heavy (non-hydrogen) atoms. The summed E-state index contributed by atoms with van der Waals surface area (Å²) >= 11 is 14.1. The van der Waals surface area contributed by atoms with Crippen molar-refractivity contribution in [3.05, 3.63) is 28.2 Å². The maximum absolute atomic E-state index is 9.04. The van der Waals surface area contributed by atoms with Crippen molar-refractivity contribution < 1.29 is 0 Å². The first-order valence-corrected chi connectivity index (χ1v) is 10.3. The van der Waals surface area contributed by atoms with E-state index in [1.165, 1.54) is 19.3 Å². The van der Waals surface area contributed by atoms with E-state index in [4.69, 9.17) is 28.5 Å². The van der Waals surface area contributed by atoms with Crippen LogP contribution in [0.1, 0.15) is 45.1 Å². The Labute approximate surface area is 162 Å². The molecule has 7 heteroatoms. The van der Waals surface area contributed by atoms with Gasteiger partial charge in [0.05, 0.1) is 17.0 Å². The number of nitrogens with zero attached hydrogens (tertiary/aromatic N) is 4. The van der Waals surface area contributed by atoms with E-state index >= 15 is 0 Å². The van der Waals surface area contributed by atoms with E-state index in [0.717, 1.165) is 29.4 Å². The summed E-state index contributed by atoms with van der Waals surface area (Å²) in [6, 6.07) is 8.12. The summed E-state index contributed by atoms with van der Waals surface area (Å²) in [6.07, 6.45) is 5.96. The molecule has 4 nitrogen and oxygen atoms in total. The third-order valence-electron chi connectivity index (χ3n) is 4.46. The molecule has 1 fully saturated rings. The molecule has 1 saturated carbocycles. The average molecular weight is 395 g/mol. The van der Waals surface area contributed by atoms with Gasteiger partial charge in [-0.1, -0.05) is 54.2 Å². The molecule has 0 spiro atoms. The Hall–Kier alpha value is -1.22. The fraction of sp³-hybridized carbons (Fsp3) is 0.500. The van der Waals surface area contributed by atoms with Gasteiger partial charge in [-0.15, -0.1) is 10.2 Å². The lowest BCUT2D eigenvalue weighted by molar-refractivity contribution is 0.339. The Balaban J connectivity index is 1.99. The van der Waals surface area contributed by atoms with Gasteiger partial charge >= 0.3 is 0 Å². The molecular weight excluding hydrogens is 375 g/mol. The second kappa shape index (κ2) is 8.44. The molecule has 1 atom stereocenters. The van der Waals surface area contributed by atoms with E-state index in [2.05, 4.69) is 20.8 Å². The standard InChI is InChI=1S/C18H20Cl2N4S/c1-12(10-21)11-25-18-23-22-17(15-8-7-13(19)9-16(15)20)24(18)14-5-3-2-4-6-14/h7-9,12,14H,2-6,11H2,1H3/t12-/m0/s1. The maximum Gasteiger partial charge on any atom is 0.191 e. The third-order valence-corrected chi connectivity index (χ3v) is 6.21. The third kappa shape index (κ3) is 4.31. The fourth-order valence-corrected chi connectivity index (χ4v) is 4.57. The smallest absolute Gasteiger partial charge is 0.191 e. The molecule has 0 amide bonds. The number of aromatic nitrogens is 3. The van der Waals surface area contributed by atoms with Gasteiger partial charge in [-0.05, 0) is 38.0 Å². The van der Waals surface area contributed by atoms with Crippen LogP contribution in [0.3, 0.4) is 0 Å². The molecule has 1 aromatic carbocycles. The Morgan fingerprint density at radius 3 is 2.72 bits per heavy atom. The molecule has 3 rings (SSSR count). The first-order valence-electron chi connectivity index (χ1n) is 8.53. The summed E-state index contributed by atoms with van der Waals surface area (Å²) in [5.41, 5.74) is 0.851. The monoisotopic (exact) mass is 394 g/mol. The number of hydrogen-bond acceptors (Lipinski definition) is 4. The van der Waals surface area contributed by atoms with E-state index in [9.17, 15) is 0 Å². The highest BCUT2D eigenvalue weighted by Gasteiger charge is 2.25. The molecule has 0 aliphatic heterocycles.